The van der Waals surface area contributed by atoms with Gasteiger partial charge in [-0.15, -0.1) is 11.3 Å². The van der Waals surface area contributed by atoms with Gasteiger partial charge in [-0.3, -0.25) is 0 Å². The number of rotatable bonds is 5. The Labute approximate surface area is 229 Å². The molecule has 0 aliphatic carbocycles. The zero-order valence-corrected chi connectivity index (χ0v) is 23.8. The first-order valence-corrected chi connectivity index (χ1v) is 14.3. The predicted octanol–water partition coefficient (Wildman–Crippen LogP) is 8.95. The molecule has 6 aromatic rings. The Morgan fingerprint density at radius 2 is 1.45 bits per heavy atom. The van der Waals surface area contributed by atoms with Crippen LogP contribution in [0.2, 0.25) is 0 Å². The summed E-state index contributed by atoms with van der Waals surface area (Å²) in [6, 6.07) is 30.7. The highest BCUT2D eigenvalue weighted by Crippen LogP contribution is 2.39. The molecule has 0 bridgehead atoms. The molecule has 0 spiro atoms. The van der Waals surface area contributed by atoms with Crippen LogP contribution in [0.5, 0.6) is 0 Å². The molecule has 0 saturated heterocycles. The third-order valence-electron chi connectivity index (χ3n) is 7.58. The summed E-state index contributed by atoms with van der Waals surface area (Å²) in [5.41, 5.74) is 11.2. The summed E-state index contributed by atoms with van der Waals surface area (Å²) in [5.74, 6) is 1.99. The van der Waals surface area contributed by atoms with Crippen molar-refractivity contribution in [3.05, 3.63) is 102 Å². The number of para-hydroxylation sites is 3. The number of hydrogen-bond acceptors (Lipinski definition) is 2. The molecule has 2 aromatic heterocycles. The molecule has 0 aliphatic rings. The molecule has 4 heteroatoms. The second kappa shape index (κ2) is 9.52. The molecular formula is C34H34N3S+. The quantitative estimate of drug-likeness (QED) is 0.210. The van der Waals surface area contributed by atoms with E-state index >= 15 is 0 Å². The molecule has 0 unspecified atom stereocenters. The van der Waals surface area contributed by atoms with Gasteiger partial charge in [0.1, 0.15) is 10.7 Å². The van der Waals surface area contributed by atoms with Crippen molar-refractivity contribution >= 4 is 32.6 Å². The van der Waals surface area contributed by atoms with E-state index in [1.54, 1.807) is 11.3 Å². The van der Waals surface area contributed by atoms with Gasteiger partial charge in [0, 0.05) is 16.7 Å². The summed E-state index contributed by atoms with van der Waals surface area (Å²) in [6.45, 7) is 11.4. The fraction of sp³-hybridized carbons (Fsp3) is 0.235. The van der Waals surface area contributed by atoms with Crippen LogP contribution >= 0.6 is 11.3 Å². The van der Waals surface area contributed by atoms with Gasteiger partial charge in [-0.25, -0.2) is 9.55 Å². The Morgan fingerprint density at radius 3 is 2.13 bits per heavy atom. The third kappa shape index (κ3) is 3.95. The summed E-state index contributed by atoms with van der Waals surface area (Å²) >= 11 is 1.77. The van der Waals surface area contributed by atoms with Crippen LogP contribution in [-0.4, -0.2) is 9.55 Å². The number of imidazole rings is 1. The van der Waals surface area contributed by atoms with E-state index in [0.29, 0.717) is 11.8 Å². The average Bonchev–Trinajstić information content (AvgIpc) is 3.46. The standard InChI is InChI=1S/C34H34N3S/c1-21(2)25-15-12-16-26(22(3)4)32(25)37-30-18-11-10-17-29(30)36(6)34(37)27-20-28-31(19-23(27)5)38-33(35-28)24-13-8-7-9-14-24/h7-22H,1-6H3/q+1. The zero-order valence-electron chi connectivity index (χ0n) is 23.0. The largest absolute Gasteiger partial charge is 0.295 e. The maximum Gasteiger partial charge on any atom is 0.295 e. The number of thiazole rings is 1. The van der Waals surface area contributed by atoms with Gasteiger partial charge in [0.25, 0.3) is 5.82 Å². The summed E-state index contributed by atoms with van der Waals surface area (Å²) < 4.78 is 6.09. The molecule has 6 rings (SSSR count). The van der Waals surface area contributed by atoms with E-state index < -0.39 is 0 Å². The van der Waals surface area contributed by atoms with Crippen molar-refractivity contribution in [3.8, 4) is 27.6 Å². The van der Waals surface area contributed by atoms with Gasteiger partial charge in [-0.05, 0) is 48.6 Å². The van der Waals surface area contributed by atoms with Gasteiger partial charge < -0.3 is 0 Å². The van der Waals surface area contributed by atoms with E-state index in [2.05, 4.69) is 136 Å². The van der Waals surface area contributed by atoms with Crippen molar-refractivity contribution in [2.24, 2.45) is 7.05 Å². The van der Waals surface area contributed by atoms with Crippen LogP contribution in [0.4, 0.5) is 0 Å². The molecule has 4 aromatic carbocycles. The molecule has 0 fully saturated rings. The minimum atomic E-state index is 0.401. The lowest BCUT2D eigenvalue weighted by Gasteiger charge is -2.18. The van der Waals surface area contributed by atoms with Gasteiger partial charge in [-0.1, -0.05) is 88.4 Å². The second-order valence-electron chi connectivity index (χ2n) is 10.8. The molecule has 0 aliphatic heterocycles. The summed E-state index contributed by atoms with van der Waals surface area (Å²) in [4.78, 5) is 5.09. The smallest absolute Gasteiger partial charge is 0.236 e. The van der Waals surface area contributed by atoms with E-state index in [1.165, 1.54) is 55.1 Å². The monoisotopic (exact) mass is 516 g/mol. The highest BCUT2D eigenvalue weighted by Gasteiger charge is 2.31. The van der Waals surface area contributed by atoms with E-state index in [-0.39, 0.29) is 0 Å². The lowest BCUT2D eigenvalue weighted by Crippen LogP contribution is -2.30. The highest BCUT2D eigenvalue weighted by molar-refractivity contribution is 7.21. The van der Waals surface area contributed by atoms with E-state index in [9.17, 15) is 0 Å². The maximum absolute atomic E-state index is 5.09. The number of aromatic nitrogens is 3. The lowest BCUT2D eigenvalue weighted by atomic mass is 9.92. The van der Waals surface area contributed by atoms with Crippen LogP contribution in [0.1, 0.15) is 56.2 Å². The van der Waals surface area contributed by atoms with Crippen LogP contribution in [0.25, 0.3) is 48.9 Å². The van der Waals surface area contributed by atoms with Crippen molar-refractivity contribution in [2.45, 2.75) is 46.5 Å². The molecule has 0 N–H and O–H groups in total. The summed E-state index contributed by atoms with van der Waals surface area (Å²) in [7, 11) is 2.20. The molecule has 2 heterocycles. The summed E-state index contributed by atoms with van der Waals surface area (Å²) in [5, 5.41) is 1.06. The normalized spacial score (nSPS) is 11.9. The third-order valence-corrected chi connectivity index (χ3v) is 8.64. The van der Waals surface area contributed by atoms with Crippen LogP contribution in [0, 0.1) is 6.92 Å². The van der Waals surface area contributed by atoms with Crippen LogP contribution in [0.15, 0.2) is 84.9 Å². The van der Waals surface area contributed by atoms with Crippen molar-refractivity contribution in [3.63, 3.8) is 0 Å². The van der Waals surface area contributed by atoms with Crippen molar-refractivity contribution in [2.75, 3.05) is 0 Å². The van der Waals surface area contributed by atoms with Gasteiger partial charge in [0.15, 0.2) is 11.0 Å². The molecule has 0 atom stereocenters. The van der Waals surface area contributed by atoms with E-state index in [4.69, 9.17) is 4.98 Å². The molecule has 0 radical (unpaired) electrons. The second-order valence-corrected chi connectivity index (χ2v) is 11.9. The summed E-state index contributed by atoms with van der Waals surface area (Å²) in [6.07, 6.45) is 0. The van der Waals surface area contributed by atoms with Crippen molar-refractivity contribution in [1.29, 1.82) is 0 Å². The predicted molar refractivity (Wildman–Crippen MR) is 161 cm³/mol. The SMILES string of the molecule is Cc1cc2sc(-c3ccccc3)nc2cc1-c1n(-c2c(C(C)C)cccc2C(C)C)c2ccccc2[n+]1C. The molecule has 0 saturated carbocycles. The van der Waals surface area contributed by atoms with Gasteiger partial charge in [0.05, 0.1) is 22.8 Å². The van der Waals surface area contributed by atoms with Crippen LogP contribution < -0.4 is 4.57 Å². The van der Waals surface area contributed by atoms with Gasteiger partial charge >= 0.3 is 0 Å². The number of aryl methyl sites for hydroxylation is 2. The number of hydrogen-bond donors (Lipinski definition) is 0. The highest BCUT2D eigenvalue weighted by atomic mass is 32.1. The Morgan fingerprint density at radius 1 is 0.789 bits per heavy atom. The number of benzene rings is 4. The first-order chi connectivity index (χ1) is 18.3. The average molecular weight is 517 g/mol. The minimum Gasteiger partial charge on any atom is -0.236 e. The number of nitrogens with zero attached hydrogens (tertiary/aromatic N) is 3. The Hall–Kier alpha value is -3.76. The zero-order chi connectivity index (χ0) is 26.6. The molecule has 3 nitrogen and oxygen atoms in total. The van der Waals surface area contributed by atoms with Gasteiger partial charge in [0.2, 0.25) is 0 Å². The molecule has 190 valence electrons. The Kier molecular flexibility index (Phi) is 6.16. The Balaban J connectivity index is 1.69. The fourth-order valence-corrected chi connectivity index (χ4v) is 6.68. The maximum atomic E-state index is 5.09. The first kappa shape index (κ1) is 24.6. The Bertz CT molecular complexity index is 1760. The van der Waals surface area contributed by atoms with Crippen molar-refractivity contribution < 1.29 is 4.57 Å². The van der Waals surface area contributed by atoms with Crippen LogP contribution in [-0.2, 0) is 7.05 Å². The van der Waals surface area contributed by atoms with E-state index in [1.807, 2.05) is 0 Å². The van der Waals surface area contributed by atoms with Gasteiger partial charge in [-0.2, -0.15) is 4.57 Å². The number of fused-ring (bicyclic) bond motifs is 2. The molecule has 0 amide bonds. The molecular weight excluding hydrogens is 482 g/mol. The van der Waals surface area contributed by atoms with E-state index in [0.717, 1.165) is 10.5 Å². The fourth-order valence-electron chi connectivity index (χ4n) is 5.63. The van der Waals surface area contributed by atoms with Crippen molar-refractivity contribution in [1.82, 2.24) is 9.55 Å². The van der Waals surface area contributed by atoms with Crippen LogP contribution in [0.3, 0.4) is 0 Å². The first-order valence-electron chi connectivity index (χ1n) is 13.4. The molecule has 38 heavy (non-hydrogen) atoms. The minimum absolute atomic E-state index is 0.401. The topological polar surface area (TPSA) is 21.7 Å². The lowest BCUT2D eigenvalue weighted by molar-refractivity contribution is -0.633.